The molecule has 0 aliphatic heterocycles. The highest BCUT2D eigenvalue weighted by Crippen LogP contribution is 2.24. The van der Waals surface area contributed by atoms with Gasteiger partial charge >= 0.3 is 17.9 Å². The van der Waals surface area contributed by atoms with Crippen molar-refractivity contribution in [2.24, 2.45) is 0 Å². The van der Waals surface area contributed by atoms with Gasteiger partial charge in [0.1, 0.15) is 23.9 Å². The maximum absolute atomic E-state index is 14.3. The molecule has 0 aliphatic carbocycles. The van der Waals surface area contributed by atoms with Crippen LogP contribution in [-0.4, -0.2) is 107 Å². The van der Waals surface area contributed by atoms with Crippen molar-refractivity contribution in [1.29, 1.82) is 0 Å². The Morgan fingerprint density at radius 1 is 0.468 bits per heavy atom. The zero-order valence-electron chi connectivity index (χ0n) is 37.1. The summed E-state index contributed by atoms with van der Waals surface area (Å²) in [5.41, 5.74) is -0.844. The lowest BCUT2D eigenvalue weighted by Gasteiger charge is -2.40. The molecule has 1 amide bonds. The number of rotatable bonds is 23. The molecule has 12 heteroatoms. The van der Waals surface area contributed by atoms with Gasteiger partial charge < -0.3 is 23.8 Å². The van der Waals surface area contributed by atoms with E-state index in [9.17, 15) is 28.8 Å². The summed E-state index contributed by atoms with van der Waals surface area (Å²) in [4.78, 5) is 84.0. The molecule has 0 aliphatic rings. The average Bonchev–Trinajstić information content (AvgIpc) is 3.25. The third kappa shape index (κ3) is 14.6. The van der Waals surface area contributed by atoms with Crippen LogP contribution in [0.15, 0.2) is 121 Å². The summed E-state index contributed by atoms with van der Waals surface area (Å²) < 4.78 is 23.5. The molecule has 12 nitrogen and oxygen atoms in total. The monoisotopic (exact) mass is 848 g/mol. The van der Waals surface area contributed by atoms with E-state index in [0.29, 0.717) is 22.3 Å². The first-order valence-corrected chi connectivity index (χ1v) is 21.0. The first kappa shape index (κ1) is 48.7. The number of hydrogen-bond acceptors (Lipinski definition) is 11. The minimum atomic E-state index is -1.23. The first-order chi connectivity index (χ1) is 29.4. The van der Waals surface area contributed by atoms with Gasteiger partial charge in [-0.3, -0.25) is 19.3 Å². The number of carbonyl (C=O) groups excluding carboxylic acids is 6. The number of esters is 3. The molecule has 4 aromatic carbocycles. The van der Waals surface area contributed by atoms with Gasteiger partial charge in [0, 0.05) is 38.0 Å². The van der Waals surface area contributed by atoms with E-state index in [4.69, 9.17) is 18.9 Å². The molecular weight excluding hydrogens is 789 g/mol. The van der Waals surface area contributed by atoms with E-state index in [1.807, 2.05) is 6.07 Å². The molecule has 0 aromatic heterocycles. The smallest absolute Gasteiger partial charge is 0.338 e. The second-order valence-electron chi connectivity index (χ2n) is 16.6. The quantitative estimate of drug-likeness (QED) is 0.0406. The van der Waals surface area contributed by atoms with E-state index < -0.39 is 53.5 Å². The minimum Gasteiger partial charge on any atom is -0.458 e. The Morgan fingerprint density at radius 2 is 0.806 bits per heavy atom. The summed E-state index contributed by atoms with van der Waals surface area (Å²) in [6.45, 7) is 13.9. The zero-order valence-corrected chi connectivity index (χ0v) is 37.1. The molecule has 62 heavy (non-hydrogen) atoms. The molecule has 0 radical (unpaired) electrons. The standard InChI is InChI=1S/C50H60N2O10/c1-35(59-46(56)40-23-15-10-16-24-40)31-51(32-38(4)62-50(7,8)45(55)39-21-13-9-14-22-39)44(54)30-29-43(53)49(5,6)52(33-36(2)60-47(57)41-25-17-11-18-26-41)34-37(3)61-48(58)42-27-19-12-20-28-42/h9-28,35-38H,29-34H2,1-8H3. The van der Waals surface area contributed by atoms with Gasteiger partial charge in [0.2, 0.25) is 5.91 Å². The maximum Gasteiger partial charge on any atom is 0.338 e. The molecule has 4 unspecified atom stereocenters. The number of ether oxygens (including phenoxy) is 4. The van der Waals surface area contributed by atoms with Crippen LogP contribution >= 0.6 is 0 Å². The molecule has 330 valence electrons. The van der Waals surface area contributed by atoms with Crippen molar-refractivity contribution in [2.45, 2.75) is 104 Å². The van der Waals surface area contributed by atoms with Crippen molar-refractivity contribution in [2.75, 3.05) is 26.2 Å². The molecule has 4 aromatic rings. The largest absolute Gasteiger partial charge is 0.458 e. The van der Waals surface area contributed by atoms with Crippen molar-refractivity contribution in [3.05, 3.63) is 144 Å². The van der Waals surface area contributed by atoms with Gasteiger partial charge in [-0.2, -0.15) is 0 Å². The Kier molecular flexibility index (Phi) is 17.9. The van der Waals surface area contributed by atoms with E-state index in [1.165, 1.54) is 4.90 Å². The van der Waals surface area contributed by atoms with Crippen LogP contribution in [0.5, 0.6) is 0 Å². The average molecular weight is 849 g/mol. The highest BCUT2D eigenvalue weighted by atomic mass is 16.6. The van der Waals surface area contributed by atoms with E-state index in [1.54, 1.807) is 176 Å². The normalized spacial score (nSPS) is 13.6. The molecule has 0 heterocycles. The fraction of sp³-hybridized carbons (Fsp3) is 0.400. The van der Waals surface area contributed by atoms with Gasteiger partial charge in [-0.25, -0.2) is 14.4 Å². The van der Waals surface area contributed by atoms with Gasteiger partial charge in [0.05, 0.1) is 34.9 Å². The van der Waals surface area contributed by atoms with Crippen LogP contribution in [0, 0.1) is 0 Å². The van der Waals surface area contributed by atoms with Crippen LogP contribution in [0.25, 0.3) is 0 Å². The Balaban J connectivity index is 1.50. The maximum atomic E-state index is 14.3. The Morgan fingerprint density at radius 3 is 1.19 bits per heavy atom. The van der Waals surface area contributed by atoms with Gasteiger partial charge in [-0.15, -0.1) is 0 Å². The summed E-state index contributed by atoms with van der Waals surface area (Å²) in [5, 5.41) is 0. The Labute approximate surface area is 365 Å². The van der Waals surface area contributed by atoms with Gasteiger partial charge in [-0.05, 0) is 91.8 Å². The van der Waals surface area contributed by atoms with Crippen LogP contribution in [0.4, 0.5) is 0 Å². The molecule has 0 spiro atoms. The SMILES string of the molecule is CC(CN(CC(C)OC(C)(C)C(=O)c1ccccc1)C(=O)CCC(=O)C(C)(C)N(CC(C)OC(=O)c1ccccc1)CC(C)OC(=O)c1ccccc1)OC(=O)c1ccccc1. The van der Waals surface area contributed by atoms with Crippen molar-refractivity contribution >= 4 is 35.4 Å². The fourth-order valence-corrected chi connectivity index (χ4v) is 7.03. The van der Waals surface area contributed by atoms with Crippen LogP contribution < -0.4 is 0 Å². The number of benzene rings is 4. The molecular formula is C50H60N2O10. The predicted molar refractivity (Wildman–Crippen MR) is 236 cm³/mol. The molecule has 0 saturated heterocycles. The molecule has 0 saturated carbocycles. The minimum absolute atomic E-state index is 0.00350. The predicted octanol–water partition coefficient (Wildman–Crippen LogP) is 8.05. The Hall–Kier alpha value is -5.98. The van der Waals surface area contributed by atoms with Gasteiger partial charge in [0.25, 0.3) is 0 Å². The second kappa shape index (κ2) is 22.7. The lowest BCUT2D eigenvalue weighted by Crippen LogP contribution is -2.55. The topological polar surface area (TPSA) is 146 Å². The third-order valence-corrected chi connectivity index (χ3v) is 10.3. The number of amides is 1. The lowest BCUT2D eigenvalue weighted by atomic mass is 9.92. The second-order valence-corrected chi connectivity index (χ2v) is 16.6. The van der Waals surface area contributed by atoms with Crippen molar-refractivity contribution in [3.63, 3.8) is 0 Å². The first-order valence-electron chi connectivity index (χ1n) is 21.0. The molecule has 4 rings (SSSR count). The third-order valence-electron chi connectivity index (χ3n) is 10.3. The number of Topliss-reactive ketones (excluding diaryl/α,β-unsaturated/α-hetero) is 2. The number of hydrogen-bond donors (Lipinski definition) is 0. The van der Waals surface area contributed by atoms with Crippen LogP contribution in [0.2, 0.25) is 0 Å². The van der Waals surface area contributed by atoms with E-state index >= 15 is 0 Å². The van der Waals surface area contributed by atoms with E-state index in [2.05, 4.69) is 0 Å². The summed E-state index contributed by atoms with van der Waals surface area (Å²) in [6.07, 6.45) is -3.08. The van der Waals surface area contributed by atoms with E-state index in [-0.39, 0.29) is 56.5 Å². The van der Waals surface area contributed by atoms with Crippen molar-refractivity contribution in [3.8, 4) is 0 Å². The van der Waals surface area contributed by atoms with Crippen molar-refractivity contribution in [1.82, 2.24) is 9.80 Å². The fourth-order valence-electron chi connectivity index (χ4n) is 7.03. The molecule has 0 fully saturated rings. The summed E-state index contributed by atoms with van der Waals surface area (Å²) in [6, 6.07) is 34.4. The molecule has 0 N–H and O–H groups in total. The van der Waals surface area contributed by atoms with E-state index in [0.717, 1.165) is 0 Å². The Bertz CT molecular complexity index is 2030. The van der Waals surface area contributed by atoms with Crippen LogP contribution in [0.3, 0.4) is 0 Å². The molecule has 0 bridgehead atoms. The van der Waals surface area contributed by atoms with Crippen molar-refractivity contribution < 1.29 is 47.7 Å². The highest BCUT2D eigenvalue weighted by molar-refractivity contribution is 6.02. The highest BCUT2D eigenvalue weighted by Gasteiger charge is 2.38. The number of carbonyl (C=O) groups is 6. The molecule has 4 atom stereocenters. The number of ketones is 2. The zero-order chi connectivity index (χ0) is 45.5. The summed E-state index contributed by atoms with van der Waals surface area (Å²) in [5.74, 6) is -2.48. The lowest BCUT2D eigenvalue weighted by molar-refractivity contribution is -0.140. The summed E-state index contributed by atoms with van der Waals surface area (Å²) in [7, 11) is 0. The van der Waals surface area contributed by atoms with Gasteiger partial charge in [0.15, 0.2) is 11.6 Å². The number of nitrogens with zero attached hydrogens (tertiary/aromatic N) is 2. The summed E-state index contributed by atoms with van der Waals surface area (Å²) >= 11 is 0. The van der Waals surface area contributed by atoms with Crippen LogP contribution in [0.1, 0.15) is 110 Å². The van der Waals surface area contributed by atoms with Crippen LogP contribution in [-0.2, 0) is 28.5 Å². The van der Waals surface area contributed by atoms with Gasteiger partial charge in [-0.1, -0.05) is 84.9 Å².